The molecule has 0 aromatic rings. The average molecular weight is 168 g/mol. The first kappa shape index (κ1) is 11.4. The molecule has 0 heterocycles. The van der Waals surface area contributed by atoms with Crippen LogP contribution in [0.25, 0.3) is 0 Å². The van der Waals surface area contributed by atoms with Crippen molar-refractivity contribution in [2.24, 2.45) is 5.73 Å². The molecule has 70 valence electrons. The molecule has 3 N–H and O–H groups in total. The Morgan fingerprint density at radius 2 is 1.92 bits per heavy atom. The lowest BCUT2D eigenvalue weighted by Gasteiger charge is -2.11. The van der Waals surface area contributed by atoms with E-state index in [9.17, 15) is 0 Å². The van der Waals surface area contributed by atoms with E-state index in [4.69, 9.17) is 5.73 Å². The van der Waals surface area contributed by atoms with Crippen LogP contribution in [-0.2, 0) is 0 Å². The molecule has 0 aromatic carbocycles. The summed E-state index contributed by atoms with van der Waals surface area (Å²) in [6.45, 7) is 8.92. The number of hydrogen-bond donors (Lipinski definition) is 2. The Kier molecular flexibility index (Phi) is 5.68. The molecule has 1 unspecified atom stereocenters. The molecule has 0 aliphatic rings. The number of hydrogen-bond acceptors (Lipinski definition) is 2. The number of allylic oxidation sites excluding steroid dienone is 3. The van der Waals surface area contributed by atoms with Crippen LogP contribution in [0.2, 0.25) is 0 Å². The molecule has 0 amide bonds. The molecule has 0 saturated carbocycles. The molecule has 2 heteroatoms. The van der Waals surface area contributed by atoms with E-state index in [1.165, 1.54) is 11.1 Å². The van der Waals surface area contributed by atoms with Crippen molar-refractivity contribution < 1.29 is 0 Å². The number of rotatable bonds is 4. The van der Waals surface area contributed by atoms with E-state index in [0.29, 0.717) is 12.7 Å². The topological polar surface area (TPSA) is 38.0 Å². The summed E-state index contributed by atoms with van der Waals surface area (Å²) >= 11 is 0. The van der Waals surface area contributed by atoms with Crippen LogP contribution in [0, 0.1) is 0 Å². The third kappa shape index (κ3) is 5.10. The highest BCUT2D eigenvalue weighted by molar-refractivity contribution is 5.17. The predicted molar refractivity (Wildman–Crippen MR) is 54.8 cm³/mol. The molecule has 0 aliphatic carbocycles. The van der Waals surface area contributed by atoms with E-state index in [-0.39, 0.29) is 0 Å². The normalized spacial score (nSPS) is 14.2. The summed E-state index contributed by atoms with van der Waals surface area (Å²) < 4.78 is 0. The van der Waals surface area contributed by atoms with Gasteiger partial charge in [-0.1, -0.05) is 23.3 Å². The van der Waals surface area contributed by atoms with E-state index >= 15 is 0 Å². The van der Waals surface area contributed by atoms with Crippen molar-refractivity contribution in [3.05, 3.63) is 23.3 Å². The molecule has 0 rings (SSSR count). The molecule has 0 bridgehead atoms. The highest BCUT2D eigenvalue weighted by Crippen LogP contribution is 2.01. The zero-order valence-corrected chi connectivity index (χ0v) is 8.52. The zero-order chi connectivity index (χ0) is 9.56. The highest BCUT2D eigenvalue weighted by atomic mass is 15.0. The van der Waals surface area contributed by atoms with Crippen molar-refractivity contribution in [1.82, 2.24) is 5.32 Å². The van der Waals surface area contributed by atoms with Gasteiger partial charge in [0.05, 0.1) is 0 Å². The fourth-order valence-electron chi connectivity index (χ4n) is 0.780. The van der Waals surface area contributed by atoms with Crippen LogP contribution < -0.4 is 11.1 Å². The Labute approximate surface area is 75.5 Å². The van der Waals surface area contributed by atoms with Crippen molar-refractivity contribution in [2.45, 2.75) is 33.7 Å². The third-order valence-corrected chi connectivity index (χ3v) is 1.79. The van der Waals surface area contributed by atoms with Crippen LogP contribution in [0.1, 0.15) is 27.7 Å². The van der Waals surface area contributed by atoms with Gasteiger partial charge < -0.3 is 5.73 Å². The fourth-order valence-corrected chi connectivity index (χ4v) is 0.780. The summed E-state index contributed by atoms with van der Waals surface area (Å²) in [5, 5.41) is 3.15. The Morgan fingerprint density at radius 3 is 2.33 bits per heavy atom. The molecule has 12 heavy (non-hydrogen) atoms. The standard InChI is InChI=1S/C10H20N2/c1-8(2)5-6-9(3)10(4)12-7-11/h5-6,10,12H,7,11H2,1-4H3/b9-6+. The average Bonchev–Trinajstić information content (AvgIpc) is 2.00. The third-order valence-electron chi connectivity index (χ3n) is 1.79. The maximum Gasteiger partial charge on any atom is 0.0433 e. The summed E-state index contributed by atoms with van der Waals surface area (Å²) in [7, 11) is 0. The Hall–Kier alpha value is -0.600. The Morgan fingerprint density at radius 1 is 1.33 bits per heavy atom. The van der Waals surface area contributed by atoms with E-state index in [2.05, 4.69) is 45.2 Å². The smallest absolute Gasteiger partial charge is 0.0433 e. The molecule has 0 radical (unpaired) electrons. The second-order valence-corrected chi connectivity index (χ2v) is 3.28. The molecule has 0 fully saturated rings. The minimum Gasteiger partial charge on any atom is -0.318 e. The van der Waals surface area contributed by atoms with Crippen LogP contribution in [0.5, 0.6) is 0 Å². The van der Waals surface area contributed by atoms with Gasteiger partial charge >= 0.3 is 0 Å². The van der Waals surface area contributed by atoms with Crippen molar-refractivity contribution in [2.75, 3.05) is 6.67 Å². The van der Waals surface area contributed by atoms with Crippen LogP contribution >= 0.6 is 0 Å². The summed E-state index contributed by atoms with van der Waals surface area (Å²) in [4.78, 5) is 0. The minimum absolute atomic E-state index is 0.366. The van der Waals surface area contributed by atoms with Gasteiger partial charge in [-0.2, -0.15) is 0 Å². The van der Waals surface area contributed by atoms with Crippen molar-refractivity contribution >= 4 is 0 Å². The predicted octanol–water partition coefficient (Wildman–Crippen LogP) is 1.79. The Bertz CT molecular complexity index is 176. The molecular weight excluding hydrogens is 148 g/mol. The van der Waals surface area contributed by atoms with Crippen LogP contribution in [0.3, 0.4) is 0 Å². The fraction of sp³-hybridized carbons (Fsp3) is 0.600. The SMILES string of the molecule is CC(C)=C/C=C(\C)C(C)NCN. The highest BCUT2D eigenvalue weighted by Gasteiger charge is 1.99. The molecule has 0 aromatic heterocycles. The van der Waals surface area contributed by atoms with Crippen LogP contribution in [0.15, 0.2) is 23.3 Å². The van der Waals surface area contributed by atoms with Crippen LogP contribution in [-0.4, -0.2) is 12.7 Å². The first-order valence-electron chi connectivity index (χ1n) is 4.33. The molecule has 2 nitrogen and oxygen atoms in total. The molecule has 0 aliphatic heterocycles. The Balaban J connectivity index is 4.08. The summed E-state index contributed by atoms with van der Waals surface area (Å²) in [5.41, 5.74) is 7.99. The van der Waals surface area contributed by atoms with E-state index in [1.807, 2.05) is 0 Å². The van der Waals surface area contributed by atoms with Gasteiger partial charge in [0, 0.05) is 12.7 Å². The van der Waals surface area contributed by atoms with E-state index in [0.717, 1.165) is 0 Å². The maximum atomic E-state index is 5.37. The van der Waals surface area contributed by atoms with Crippen molar-refractivity contribution in [3.63, 3.8) is 0 Å². The van der Waals surface area contributed by atoms with Gasteiger partial charge in [0.2, 0.25) is 0 Å². The molecule has 0 spiro atoms. The lowest BCUT2D eigenvalue weighted by molar-refractivity contribution is 0.622. The minimum atomic E-state index is 0.366. The molecule has 1 atom stereocenters. The second-order valence-electron chi connectivity index (χ2n) is 3.28. The first-order chi connectivity index (χ1) is 5.57. The van der Waals surface area contributed by atoms with Crippen LogP contribution in [0.4, 0.5) is 0 Å². The quantitative estimate of drug-likeness (QED) is 0.496. The monoisotopic (exact) mass is 168 g/mol. The van der Waals surface area contributed by atoms with Gasteiger partial charge in [0.15, 0.2) is 0 Å². The van der Waals surface area contributed by atoms with E-state index < -0.39 is 0 Å². The lowest BCUT2D eigenvalue weighted by atomic mass is 10.1. The molecular formula is C10H20N2. The van der Waals surface area contributed by atoms with Crippen molar-refractivity contribution in [1.29, 1.82) is 0 Å². The second kappa shape index (κ2) is 5.98. The largest absolute Gasteiger partial charge is 0.318 e. The van der Waals surface area contributed by atoms with Gasteiger partial charge in [0.1, 0.15) is 0 Å². The van der Waals surface area contributed by atoms with Gasteiger partial charge in [-0.25, -0.2) is 0 Å². The summed E-state index contributed by atoms with van der Waals surface area (Å²) in [6.07, 6.45) is 4.24. The maximum absolute atomic E-state index is 5.37. The van der Waals surface area contributed by atoms with Gasteiger partial charge in [0.25, 0.3) is 0 Å². The lowest BCUT2D eigenvalue weighted by Crippen LogP contribution is -2.32. The van der Waals surface area contributed by atoms with Gasteiger partial charge in [-0.05, 0) is 27.7 Å². The summed E-state index contributed by atoms with van der Waals surface area (Å²) in [5.74, 6) is 0. The first-order valence-corrected chi connectivity index (χ1v) is 4.33. The molecule has 0 saturated heterocycles. The van der Waals surface area contributed by atoms with Crippen molar-refractivity contribution in [3.8, 4) is 0 Å². The van der Waals surface area contributed by atoms with E-state index in [1.54, 1.807) is 0 Å². The summed E-state index contributed by atoms with van der Waals surface area (Å²) in [6, 6.07) is 0.366. The zero-order valence-electron chi connectivity index (χ0n) is 8.52. The van der Waals surface area contributed by atoms with Gasteiger partial charge in [-0.3, -0.25) is 5.32 Å². The number of nitrogens with two attached hydrogens (primary N) is 1. The number of nitrogens with one attached hydrogen (secondary N) is 1. The van der Waals surface area contributed by atoms with Gasteiger partial charge in [-0.15, -0.1) is 0 Å².